The monoisotopic (exact) mass is 293 g/mol. The highest BCUT2D eigenvalue weighted by Crippen LogP contribution is 2.27. The summed E-state index contributed by atoms with van der Waals surface area (Å²) in [6.07, 6.45) is 9.38. The van der Waals surface area contributed by atoms with Crippen LogP contribution in [0.25, 0.3) is 0 Å². The maximum atomic E-state index is 12.0. The molecule has 0 N–H and O–H groups in total. The lowest BCUT2D eigenvalue weighted by atomic mass is 10.1. The summed E-state index contributed by atoms with van der Waals surface area (Å²) in [5, 5.41) is 4.37. The van der Waals surface area contributed by atoms with E-state index < -0.39 is 0 Å². The lowest BCUT2D eigenvalue weighted by molar-refractivity contribution is -0.144. The van der Waals surface area contributed by atoms with Crippen molar-refractivity contribution in [1.82, 2.24) is 14.7 Å². The Hall–Kier alpha value is -1.36. The molecule has 2 rings (SSSR count). The normalized spacial score (nSPS) is 18.2. The number of hydrogen-bond donors (Lipinski definition) is 0. The molecule has 1 aliphatic heterocycles. The second-order valence-corrected chi connectivity index (χ2v) is 5.60. The molecule has 1 atom stereocenters. The van der Waals surface area contributed by atoms with Crippen LogP contribution in [0.2, 0.25) is 0 Å². The number of ether oxygens (including phenoxy) is 1. The topological polar surface area (TPSA) is 47.4 Å². The zero-order valence-electron chi connectivity index (χ0n) is 13.3. The Bertz CT molecular complexity index is 436. The zero-order chi connectivity index (χ0) is 15.1. The molecule has 1 aromatic heterocycles. The maximum Gasteiger partial charge on any atom is 0.307 e. The third-order valence-electron chi connectivity index (χ3n) is 4.11. The van der Waals surface area contributed by atoms with Gasteiger partial charge in [0.15, 0.2) is 0 Å². The fourth-order valence-electron chi connectivity index (χ4n) is 2.97. The van der Waals surface area contributed by atoms with Crippen LogP contribution in [0.1, 0.15) is 57.6 Å². The van der Waals surface area contributed by atoms with Crippen molar-refractivity contribution in [2.75, 3.05) is 19.7 Å². The van der Waals surface area contributed by atoms with Crippen LogP contribution >= 0.6 is 0 Å². The smallest absolute Gasteiger partial charge is 0.307 e. The van der Waals surface area contributed by atoms with Crippen molar-refractivity contribution in [1.29, 1.82) is 0 Å². The first-order valence-corrected chi connectivity index (χ1v) is 8.16. The molecule has 1 unspecified atom stereocenters. The van der Waals surface area contributed by atoms with E-state index in [2.05, 4.69) is 23.1 Å². The molecule has 1 aliphatic rings. The summed E-state index contributed by atoms with van der Waals surface area (Å²) < 4.78 is 7.08. The number of rotatable bonds is 6. The molecule has 118 valence electrons. The van der Waals surface area contributed by atoms with Crippen molar-refractivity contribution < 1.29 is 9.53 Å². The van der Waals surface area contributed by atoms with E-state index in [1.54, 1.807) is 0 Å². The minimum Gasteiger partial charge on any atom is -0.466 e. The van der Waals surface area contributed by atoms with E-state index in [-0.39, 0.29) is 12.0 Å². The van der Waals surface area contributed by atoms with Gasteiger partial charge in [-0.2, -0.15) is 5.10 Å². The number of likely N-dealkylation sites (tertiary alicyclic amines) is 1. The van der Waals surface area contributed by atoms with E-state index >= 15 is 0 Å². The number of carbonyl (C=O) groups excluding carboxylic acids is 1. The van der Waals surface area contributed by atoms with Gasteiger partial charge in [-0.1, -0.05) is 12.8 Å². The van der Waals surface area contributed by atoms with Gasteiger partial charge in [0.2, 0.25) is 0 Å². The van der Waals surface area contributed by atoms with Crippen molar-refractivity contribution in [2.24, 2.45) is 0 Å². The molecule has 1 aromatic rings. The van der Waals surface area contributed by atoms with Crippen LogP contribution in [0.3, 0.4) is 0 Å². The molecule has 0 bridgehead atoms. The van der Waals surface area contributed by atoms with Gasteiger partial charge in [0.05, 0.1) is 19.2 Å². The van der Waals surface area contributed by atoms with E-state index in [4.69, 9.17) is 4.74 Å². The summed E-state index contributed by atoms with van der Waals surface area (Å²) in [5.41, 5.74) is 1.13. The Kier molecular flexibility index (Phi) is 6.23. The quantitative estimate of drug-likeness (QED) is 0.757. The van der Waals surface area contributed by atoms with Crippen LogP contribution in [-0.2, 0) is 16.1 Å². The van der Waals surface area contributed by atoms with Gasteiger partial charge in [0.1, 0.15) is 0 Å². The second kappa shape index (κ2) is 8.17. The van der Waals surface area contributed by atoms with E-state index in [9.17, 15) is 4.79 Å². The van der Waals surface area contributed by atoms with E-state index in [0.717, 1.165) is 25.2 Å². The lowest BCUT2D eigenvalue weighted by Crippen LogP contribution is -2.31. The Balaban J connectivity index is 2.13. The first-order chi connectivity index (χ1) is 10.2. The molecule has 0 aliphatic carbocycles. The molecule has 0 radical (unpaired) electrons. The Morgan fingerprint density at radius 3 is 2.57 bits per heavy atom. The lowest BCUT2D eigenvalue weighted by Gasteiger charge is -2.29. The van der Waals surface area contributed by atoms with E-state index in [1.807, 2.05) is 17.8 Å². The number of hydrogen-bond acceptors (Lipinski definition) is 4. The average molecular weight is 293 g/mol. The van der Waals surface area contributed by atoms with Gasteiger partial charge in [-0.3, -0.25) is 14.4 Å². The van der Waals surface area contributed by atoms with Crippen molar-refractivity contribution in [3.63, 3.8) is 0 Å². The predicted molar refractivity (Wildman–Crippen MR) is 81.9 cm³/mol. The molecule has 0 saturated carbocycles. The van der Waals surface area contributed by atoms with Crippen molar-refractivity contribution in [3.05, 3.63) is 18.0 Å². The summed E-state index contributed by atoms with van der Waals surface area (Å²) in [6.45, 7) is 7.34. The first-order valence-electron chi connectivity index (χ1n) is 8.16. The summed E-state index contributed by atoms with van der Waals surface area (Å²) in [4.78, 5) is 14.4. The van der Waals surface area contributed by atoms with Crippen LogP contribution in [0, 0.1) is 0 Å². The highest BCUT2D eigenvalue weighted by molar-refractivity contribution is 5.70. The summed E-state index contributed by atoms with van der Waals surface area (Å²) in [6, 6.07) is 0.0995. The van der Waals surface area contributed by atoms with Crippen molar-refractivity contribution in [2.45, 2.75) is 58.5 Å². The third kappa shape index (κ3) is 4.56. The molecule has 2 heterocycles. The van der Waals surface area contributed by atoms with Crippen LogP contribution < -0.4 is 0 Å². The minimum absolute atomic E-state index is 0.0995. The highest BCUT2D eigenvalue weighted by Gasteiger charge is 2.25. The van der Waals surface area contributed by atoms with Crippen LogP contribution in [0.15, 0.2) is 12.4 Å². The van der Waals surface area contributed by atoms with Gasteiger partial charge in [0, 0.05) is 24.3 Å². The molecule has 0 spiro atoms. The van der Waals surface area contributed by atoms with E-state index in [0.29, 0.717) is 13.0 Å². The highest BCUT2D eigenvalue weighted by atomic mass is 16.5. The second-order valence-electron chi connectivity index (χ2n) is 5.60. The fourth-order valence-corrected chi connectivity index (χ4v) is 2.97. The summed E-state index contributed by atoms with van der Waals surface area (Å²) in [5.74, 6) is -0.115. The Morgan fingerprint density at radius 2 is 2.00 bits per heavy atom. The maximum absolute atomic E-state index is 12.0. The Morgan fingerprint density at radius 1 is 1.29 bits per heavy atom. The summed E-state index contributed by atoms with van der Waals surface area (Å²) in [7, 11) is 0. The largest absolute Gasteiger partial charge is 0.466 e. The number of aromatic nitrogens is 2. The fraction of sp³-hybridized carbons (Fsp3) is 0.750. The molecule has 1 saturated heterocycles. The van der Waals surface area contributed by atoms with E-state index in [1.165, 1.54) is 25.7 Å². The van der Waals surface area contributed by atoms with Gasteiger partial charge in [-0.25, -0.2) is 0 Å². The van der Waals surface area contributed by atoms with Gasteiger partial charge in [0.25, 0.3) is 0 Å². The molecule has 0 aromatic carbocycles. The van der Waals surface area contributed by atoms with Gasteiger partial charge >= 0.3 is 5.97 Å². The van der Waals surface area contributed by atoms with Crippen molar-refractivity contribution >= 4 is 5.97 Å². The first kappa shape index (κ1) is 16.0. The standard InChI is InChI=1S/C16H27N3O2/c1-3-19-13-14(12-17-19)15(11-16(20)21-4-2)18-9-7-5-6-8-10-18/h12-13,15H,3-11H2,1-2H3. The number of aryl methyl sites for hydroxylation is 1. The number of nitrogens with zero attached hydrogens (tertiary/aromatic N) is 3. The van der Waals surface area contributed by atoms with Gasteiger partial charge < -0.3 is 4.74 Å². The molecular weight excluding hydrogens is 266 g/mol. The Labute approximate surface area is 127 Å². The molecule has 5 heteroatoms. The van der Waals surface area contributed by atoms with Gasteiger partial charge in [-0.15, -0.1) is 0 Å². The summed E-state index contributed by atoms with van der Waals surface area (Å²) >= 11 is 0. The molecular formula is C16H27N3O2. The van der Waals surface area contributed by atoms with Crippen LogP contribution in [0.4, 0.5) is 0 Å². The zero-order valence-corrected chi connectivity index (χ0v) is 13.3. The minimum atomic E-state index is -0.115. The number of carbonyl (C=O) groups is 1. The third-order valence-corrected chi connectivity index (χ3v) is 4.11. The SMILES string of the molecule is CCOC(=O)CC(c1cnn(CC)c1)N1CCCCCC1. The molecule has 0 amide bonds. The molecule has 21 heavy (non-hydrogen) atoms. The van der Waals surface area contributed by atoms with Gasteiger partial charge in [-0.05, 0) is 39.8 Å². The van der Waals surface area contributed by atoms with Crippen molar-refractivity contribution in [3.8, 4) is 0 Å². The van der Waals surface area contributed by atoms with Crippen LogP contribution in [0.5, 0.6) is 0 Å². The van der Waals surface area contributed by atoms with Crippen LogP contribution in [-0.4, -0.2) is 40.3 Å². The number of esters is 1. The molecule has 5 nitrogen and oxygen atoms in total. The average Bonchev–Trinajstić information content (AvgIpc) is 2.79. The molecule has 1 fully saturated rings. The predicted octanol–water partition coefficient (Wildman–Crippen LogP) is 2.77.